The van der Waals surface area contributed by atoms with Gasteiger partial charge in [0, 0.05) is 0 Å². The number of hydroxylamine groups is 1. The Morgan fingerprint density at radius 3 is 2.05 bits per heavy atom. The van der Waals surface area contributed by atoms with Crippen molar-refractivity contribution in [2.75, 3.05) is 12.2 Å². The van der Waals surface area contributed by atoms with Crippen LogP contribution in [0.25, 0.3) is 0 Å². The largest absolute Gasteiger partial charge is 0.493 e. The number of anilines is 1. The summed E-state index contributed by atoms with van der Waals surface area (Å²) in [6.07, 6.45) is -0.911. The highest BCUT2D eigenvalue weighted by atomic mass is 16.7. The van der Waals surface area contributed by atoms with E-state index in [4.69, 9.17) is 14.3 Å². The number of likely N-dealkylation sites (tertiary alicyclic amines) is 1. The topological polar surface area (TPSA) is 68.3 Å². The van der Waals surface area contributed by atoms with E-state index in [0.717, 1.165) is 22.4 Å². The fourth-order valence-electron chi connectivity index (χ4n) is 5.25. The van der Waals surface area contributed by atoms with E-state index in [-0.39, 0.29) is 18.4 Å². The number of rotatable bonds is 8. The molecule has 7 nitrogen and oxygen atoms in total. The molecule has 3 atom stereocenters. The second kappa shape index (κ2) is 10.6. The molecule has 2 aliphatic rings. The van der Waals surface area contributed by atoms with Crippen molar-refractivity contribution in [2.24, 2.45) is 5.92 Å². The molecule has 0 bridgehead atoms. The molecular formula is C32H28N2O5. The standard InChI is InChI=1S/C32H28N2O5/c1-37-27-19-24(17-18-26(27)38-21-23-13-7-3-8-14-23)29-28-30(39-34(29)25-15-9-4-10-16-25)32(36)33(31(28)35)20-22-11-5-2-6-12-22/h2-19,28-30H,20-21H2,1H3/t28-,29-,30+/m0/s1. The van der Waals surface area contributed by atoms with Crippen LogP contribution in [-0.4, -0.2) is 29.9 Å². The van der Waals surface area contributed by atoms with Gasteiger partial charge in [-0.25, -0.2) is 5.06 Å². The first-order valence-electron chi connectivity index (χ1n) is 12.9. The third-order valence-corrected chi connectivity index (χ3v) is 7.17. The molecule has 0 unspecified atom stereocenters. The first-order chi connectivity index (χ1) is 19.1. The van der Waals surface area contributed by atoms with Gasteiger partial charge < -0.3 is 9.47 Å². The van der Waals surface area contributed by atoms with Gasteiger partial charge in [-0.3, -0.25) is 19.3 Å². The Balaban J connectivity index is 1.33. The quantitative estimate of drug-likeness (QED) is 0.293. The van der Waals surface area contributed by atoms with Gasteiger partial charge in [-0.1, -0.05) is 84.9 Å². The molecule has 4 aromatic carbocycles. The second-order valence-corrected chi connectivity index (χ2v) is 9.59. The number of hydrogen-bond acceptors (Lipinski definition) is 6. The Kier molecular flexibility index (Phi) is 6.73. The molecule has 0 aliphatic carbocycles. The van der Waals surface area contributed by atoms with Gasteiger partial charge in [-0.05, 0) is 41.0 Å². The van der Waals surface area contributed by atoms with Crippen LogP contribution in [0.4, 0.5) is 5.69 Å². The smallest absolute Gasteiger partial charge is 0.262 e. The molecule has 196 valence electrons. The van der Waals surface area contributed by atoms with Crippen molar-refractivity contribution in [3.8, 4) is 11.5 Å². The predicted octanol–water partition coefficient (Wildman–Crippen LogP) is 5.32. The normalized spacial score (nSPS) is 20.3. The summed E-state index contributed by atoms with van der Waals surface area (Å²) < 4.78 is 11.7. The van der Waals surface area contributed by atoms with Crippen LogP contribution in [0.2, 0.25) is 0 Å². The van der Waals surface area contributed by atoms with Crippen LogP contribution in [0.5, 0.6) is 11.5 Å². The Morgan fingerprint density at radius 1 is 0.744 bits per heavy atom. The van der Waals surface area contributed by atoms with E-state index in [9.17, 15) is 9.59 Å². The molecule has 2 heterocycles. The van der Waals surface area contributed by atoms with Crippen LogP contribution in [0.3, 0.4) is 0 Å². The van der Waals surface area contributed by atoms with E-state index in [0.29, 0.717) is 18.1 Å². The lowest BCUT2D eigenvalue weighted by molar-refractivity contribution is -0.143. The van der Waals surface area contributed by atoms with Crippen molar-refractivity contribution in [2.45, 2.75) is 25.3 Å². The molecular weight excluding hydrogens is 492 g/mol. The van der Waals surface area contributed by atoms with Gasteiger partial charge in [0.1, 0.15) is 12.5 Å². The number of imide groups is 1. The summed E-state index contributed by atoms with van der Waals surface area (Å²) in [5, 5.41) is 1.68. The summed E-state index contributed by atoms with van der Waals surface area (Å²) in [6, 6.07) is 34.0. The van der Waals surface area contributed by atoms with E-state index in [1.807, 2.05) is 109 Å². The molecule has 6 rings (SSSR count). The molecule has 0 N–H and O–H groups in total. The Bertz CT molecular complexity index is 1460. The van der Waals surface area contributed by atoms with Crippen LogP contribution in [0.1, 0.15) is 22.7 Å². The highest BCUT2D eigenvalue weighted by molar-refractivity contribution is 6.07. The zero-order valence-electron chi connectivity index (χ0n) is 21.5. The zero-order valence-corrected chi connectivity index (χ0v) is 21.5. The van der Waals surface area contributed by atoms with Crippen molar-refractivity contribution < 1.29 is 23.9 Å². The molecule has 2 aliphatic heterocycles. The molecule has 0 aromatic heterocycles. The minimum atomic E-state index is -0.911. The first-order valence-corrected chi connectivity index (χ1v) is 12.9. The summed E-state index contributed by atoms with van der Waals surface area (Å²) >= 11 is 0. The lowest BCUT2D eigenvalue weighted by Crippen LogP contribution is -2.36. The Morgan fingerprint density at radius 2 is 1.38 bits per heavy atom. The summed E-state index contributed by atoms with van der Waals surface area (Å²) in [4.78, 5) is 34.8. The number of amides is 2. The van der Waals surface area contributed by atoms with Crippen LogP contribution in [-0.2, 0) is 27.6 Å². The van der Waals surface area contributed by atoms with Crippen LogP contribution >= 0.6 is 0 Å². The molecule has 2 saturated heterocycles. The lowest BCUT2D eigenvalue weighted by Gasteiger charge is -2.29. The van der Waals surface area contributed by atoms with Crippen LogP contribution in [0.15, 0.2) is 109 Å². The number of carbonyl (C=O) groups excluding carboxylic acids is 2. The molecule has 0 radical (unpaired) electrons. The zero-order chi connectivity index (χ0) is 26.8. The minimum Gasteiger partial charge on any atom is -0.493 e. The summed E-state index contributed by atoms with van der Waals surface area (Å²) in [7, 11) is 1.59. The van der Waals surface area contributed by atoms with E-state index in [2.05, 4.69) is 0 Å². The molecule has 2 amide bonds. The van der Waals surface area contributed by atoms with Gasteiger partial charge in [0.25, 0.3) is 5.91 Å². The SMILES string of the molecule is COc1cc([C@H]2[C@@H]3C(=O)N(Cc4ccccc4)C(=O)[C@@H]3ON2c2ccccc2)ccc1OCc1ccccc1. The number of fused-ring (bicyclic) bond motifs is 1. The number of carbonyl (C=O) groups is 2. The number of methoxy groups -OCH3 is 1. The fraction of sp³-hybridized carbons (Fsp3) is 0.188. The molecule has 0 spiro atoms. The molecule has 7 heteroatoms. The number of nitrogens with zero attached hydrogens (tertiary/aromatic N) is 2. The van der Waals surface area contributed by atoms with Gasteiger partial charge in [-0.2, -0.15) is 0 Å². The van der Waals surface area contributed by atoms with Crippen LogP contribution < -0.4 is 14.5 Å². The van der Waals surface area contributed by atoms with E-state index in [1.54, 1.807) is 12.2 Å². The third kappa shape index (κ3) is 4.73. The summed E-state index contributed by atoms with van der Waals surface area (Å²) in [5.74, 6) is -0.154. The Hall–Kier alpha value is -4.62. The van der Waals surface area contributed by atoms with Crippen molar-refractivity contribution in [3.05, 3.63) is 126 Å². The lowest BCUT2D eigenvalue weighted by atomic mass is 9.90. The summed E-state index contributed by atoms with van der Waals surface area (Å²) in [5.41, 5.74) is 3.48. The van der Waals surface area contributed by atoms with E-state index >= 15 is 0 Å². The molecule has 39 heavy (non-hydrogen) atoms. The highest BCUT2D eigenvalue weighted by Crippen LogP contribution is 2.48. The van der Waals surface area contributed by atoms with Crippen molar-refractivity contribution >= 4 is 17.5 Å². The maximum atomic E-state index is 13.8. The fourth-order valence-corrected chi connectivity index (χ4v) is 5.25. The van der Waals surface area contributed by atoms with E-state index in [1.165, 1.54) is 4.90 Å². The highest BCUT2D eigenvalue weighted by Gasteiger charge is 2.59. The molecule has 4 aromatic rings. The number of para-hydroxylation sites is 1. The number of hydrogen-bond donors (Lipinski definition) is 0. The minimum absolute atomic E-state index is 0.211. The average molecular weight is 521 g/mol. The average Bonchev–Trinajstić information content (AvgIpc) is 3.49. The van der Waals surface area contributed by atoms with Gasteiger partial charge >= 0.3 is 0 Å². The Labute approximate surface area is 227 Å². The first kappa shape index (κ1) is 24.7. The third-order valence-electron chi connectivity index (χ3n) is 7.17. The molecule has 0 saturated carbocycles. The monoisotopic (exact) mass is 520 g/mol. The van der Waals surface area contributed by atoms with Gasteiger partial charge in [-0.15, -0.1) is 0 Å². The number of ether oxygens (including phenoxy) is 2. The maximum Gasteiger partial charge on any atom is 0.262 e. The number of benzene rings is 4. The van der Waals surface area contributed by atoms with E-state index < -0.39 is 18.1 Å². The predicted molar refractivity (Wildman–Crippen MR) is 146 cm³/mol. The van der Waals surface area contributed by atoms with Gasteiger partial charge in [0.2, 0.25) is 5.91 Å². The van der Waals surface area contributed by atoms with Gasteiger partial charge in [0.15, 0.2) is 17.6 Å². The maximum absolute atomic E-state index is 13.8. The van der Waals surface area contributed by atoms with Crippen molar-refractivity contribution in [1.82, 2.24) is 4.90 Å². The van der Waals surface area contributed by atoms with Gasteiger partial charge in [0.05, 0.1) is 25.4 Å². The summed E-state index contributed by atoms with van der Waals surface area (Å²) in [6.45, 7) is 0.605. The van der Waals surface area contributed by atoms with Crippen LogP contribution in [0, 0.1) is 5.92 Å². The second-order valence-electron chi connectivity index (χ2n) is 9.59. The molecule has 2 fully saturated rings. The van der Waals surface area contributed by atoms with Crippen molar-refractivity contribution in [1.29, 1.82) is 0 Å². The van der Waals surface area contributed by atoms with Crippen molar-refractivity contribution in [3.63, 3.8) is 0 Å².